The van der Waals surface area contributed by atoms with Gasteiger partial charge in [-0.1, -0.05) is 68.8 Å². The van der Waals surface area contributed by atoms with E-state index in [1.807, 2.05) is 31.2 Å². The number of hydrogen-bond acceptors (Lipinski definition) is 3. The lowest BCUT2D eigenvalue weighted by atomic mass is 9.86. The Morgan fingerprint density at radius 1 is 0.886 bits per heavy atom. The van der Waals surface area contributed by atoms with Gasteiger partial charge in [0.05, 0.1) is 5.71 Å². The first-order valence-corrected chi connectivity index (χ1v) is 12.1. The summed E-state index contributed by atoms with van der Waals surface area (Å²) in [6, 6.07) is 22.6. The minimum Gasteiger partial charge on any atom is -0.322 e. The Labute approximate surface area is 211 Å². The van der Waals surface area contributed by atoms with Crippen LogP contribution in [0, 0.1) is 5.92 Å². The second kappa shape index (κ2) is 10.0. The van der Waals surface area contributed by atoms with Crippen LogP contribution in [0.15, 0.2) is 77.9 Å². The molecule has 0 heterocycles. The molecule has 0 bridgehead atoms. The van der Waals surface area contributed by atoms with Crippen molar-refractivity contribution in [3.8, 4) is 0 Å². The fourth-order valence-electron chi connectivity index (χ4n) is 3.97. The molecule has 6 heteroatoms. The Bertz CT molecular complexity index is 1240. The van der Waals surface area contributed by atoms with Crippen LogP contribution in [0.5, 0.6) is 0 Å². The zero-order chi connectivity index (χ0) is 25.2. The van der Waals surface area contributed by atoms with E-state index in [-0.39, 0.29) is 29.1 Å². The van der Waals surface area contributed by atoms with Gasteiger partial charge in [-0.2, -0.15) is 5.10 Å². The monoisotopic (exact) mass is 487 g/mol. The summed E-state index contributed by atoms with van der Waals surface area (Å²) < 4.78 is 0. The third kappa shape index (κ3) is 6.17. The summed E-state index contributed by atoms with van der Waals surface area (Å²) in [5.74, 6) is -0.0549. The number of rotatable bonds is 6. The zero-order valence-electron chi connectivity index (χ0n) is 20.4. The third-order valence-corrected chi connectivity index (χ3v) is 6.58. The predicted molar refractivity (Wildman–Crippen MR) is 142 cm³/mol. The first-order chi connectivity index (χ1) is 16.6. The van der Waals surface area contributed by atoms with E-state index in [9.17, 15) is 9.59 Å². The maximum atomic E-state index is 12.6. The lowest BCUT2D eigenvalue weighted by Crippen LogP contribution is -2.21. The van der Waals surface area contributed by atoms with E-state index in [2.05, 4.69) is 60.9 Å². The Morgan fingerprint density at radius 2 is 1.49 bits per heavy atom. The minimum absolute atomic E-state index is 0.0440. The summed E-state index contributed by atoms with van der Waals surface area (Å²) in [5, 5.41) is 7.73. The molecule has 2 N–H and O–H groups in total. The average Bonchev–Trinajstić information content (AvgIpc) is 3.64. The highest BCUT2D eigenvalue weighted by molar-refractivity contribution is 6.30. The molecule has 1 aliphatic carbocycles. The van der Waals surface area contributed by atoms with Gasteiger partial charge in [-0.3, -0.25) is 9.59 Å². The zero-order valence-corrected chi connectivity index (χ0v) is 21.2. The number of nitrogens with one attached hydrogen (secondary N) is 2. The van der Waals surface area contributed by atoms with E-state index < -0.39 is 0 Å². The molecule has 5 nitrogen and oxygen atoms in total. The Kier molecular flexibility index (Phi) is 7.08. The number of carbonyl (C=O) groups excluding carboxylic acids is 2. The molecule has 180 valence electrons. The normalized spacial score (nSPS) is 17.6. The van der Waals surface area contributed by atoms with Crippen LogP contribution >= 0.6 is 11.6 Å². The Balaban J connectivity index is 1.30. The van der Waals surface area contributed by atoms with Crippen molar-refractivity contribution in [2.45, 2.75) is 45.4 Å². The highest BCUT2D eigenvalue weighted by Crippen LogP contribution is 2.47. The Hall–Kier alpha value is -3.44. The van der Waals surface area contributed by atoms with Crippen LogP contribution in [0.3, 0.4) is 0 Å². The maximum Gasteiger partial charge on any atom is 0.255 e. The van der Waals surface area contributed by atoms with Crippen LogP contribution in [0.4, 0.5) is 5.69 Å². The Morgan fingerprint density at radius 3 is 2.09 bits per heavy atom. The van der Waals surface area contributed by atoms with Gasteiger partial charge in [0.2, 0.25) is 5.91 Å². The number of benzene rings is 3. The highest BCUT2D eigenvalue weighted by atomic mass is 35.5. The van der Waals surface area contributed by atoms with Crippen LogP contribution in [0.2, 0.25) is 5.02 Å². The number of halogens is 1. The second-order valence-corrected chi connectivity index (χ2v) is 10.5. The summed E-state index contributed by atoms with van der Waals surface area (Å²) in [6.07, 6.45) is 0.845. The van der Waals surface area contributed by atoms with Crippen LogP contribution in [-0.4, -0.2) is 17.5 Å². The third-order valence-electron chi connectivity index (χ3n) is 6.33. The van der Waals surface area contributed by atoms with Gasteiger partial charge in [-0.15, -0.1) is 0 Å². The van der Waals surface area contributed by atoms with Crippen LogP contribution in [-0.2, 0) is 10.2 Å². The molecule has 1 saturated carbocycles. The van der Waals surface area contributed by atoms with Gasteiger partial charge >= 0.3 is 0 Å². The van der Waals surface area contributed by atoms with Gasteiger partial charge in [0.1, 0.15) is 0 Å². The maximum absolute atomic E-state index is 12.6. The molecule has 35 heavy (non-hydrogen) atoms. The van der Waals surface area contributed by atoms with Gasteiger partial charge < -0.3 is 5.32 Å². The van der Waals surface area contributed by atoms with E-state index >= 15 is 0 Å². The lowest BCUT2D eigenvalue weighted by molar-refractivity contribution is -0.122. The van der Waals surface area contributed by atoms with Crippen LogP contribution in [0.1, 0.15) is 67.1 Å². The molecule has 2 atom stereocenters. The van der Waals surface area contributed by atoms with Crippen molar-refractivity contribution in [3.63, 3.8) is 0 Å². The fourth-order valence-corrected chi connectivity index (χ4v) is 4.10. The summed E-state index contributed by atoms with van der Waals surface area (Å²) in [6.45, 7) is 8.43. The van der Waals surface area contributed by atoms with Crippen molar-refractivity contribution in [1.29, 1.82) is 0 Å². The van der Waals surface area contributed by atoms with Gasteiger partial charge in [-0.25, -0.2) is 5.43 Å². The largest absolute Gasteiger partial charge is 0.322 e. The lowest BCUT2D eigenvalue weighted by Gasteiger charge is -2.19. The molecule has 4 rings (SSSR count). The van der Waals surface area contributed by atoms with E-state index in [1.54, 1.807) is 24.3 Å². The first-order valence-electron chi connectivity index (χ1n) is 11.7. The summed E-state index contributed by atoms with van der Waals surface area (Å²) in [5.41, 5.74) is 8.09. The molecule has 0 saturated heterocycles. The predicted octanol–water partition coefficient (Wildman–Crippen LogP) is 6.53. The van der Waals surface area contributed by atoms with Crippen molar-refractivity contribution in [3.05, 3.63) is 100 Å². The molecular weight excluding hydrogens is 458 g/mol. The number of hydrogen-bond donors (Lipinski definition) is 2. The number of nitrogens with zero attached hydrogens (tertiary/aromatic N) is 1. The molecule has 0 aromatic heterocycles. The minimum atomic E-state index is -0.209. The summed E-state index contributed by atoms with van der Waals surface area (Å²) >= 11 is 5.87. The molecule has 2 amide bonds. The average molecular weight is 488 g/mol. The molecule has 3 aromatic rings. The van der Waals surface area contributed by atoms with E-state index in [4.69, 9.17) is 11.6 Å². The second-order valence-electron chi connectivity index (χ2n) is 10.0. The molecular formula is C29H30ClN3O2. The topological polar surface area (TPSA) is 70.6 Å². The molecule has 1 fully saturated rings. The molecule has 1 aliphatic rings. The summed E-state index contributed by atoms with van der Waals surface area (Å²) in [4.78, 5) is 25.0. The smallest absolute Gasteiger partial charge is 0.255 e. The van der Waals surface area contributed by atoms with Crippen LogP contribution in [0.25, 0.3) is 0 Å². The number of carbonyl (C=O) groups is 2. The van der Waals surface area contributed by atoms with E-state index in [0.717, 1.165) is 12.0 Å². The van der Waals surface area contributed by atoms with Gasteiger partial charge in [0, 0.05) is 22.2 Å². The van der Waals surface area contributed by atoms with Gasteiger partial charge in [0.25, 0.3) is 5.91 Å². The van der Waals surface area contributed by atoms with Crippen LogP contribution < -0.4 is 10.7 Å². The van der Waals surface area contributed by atoms with Crippen molar-refractivity contribution in [1.82, 2.24) is 5.43 Å². The standard InChI is InChI=1S/C29H30ClN3O2/c1-18(19-9-15-24(16-10-19)31-27(34)21-7-13-23(30)14-8-21)32-33-28(35)26-17-25(26)20-5-11-22(12-6-20)29(2,3)4/h5-16,25-26H,17H2,1-4H3,(H,31,34)(H,33,35). The van der Waals surface area contributed by atoms with Crippen molar-refractivity contribution < 1.29 is 9.59 Å². The van der Waals surface area contributed by atoms with Crippen molar-refractivity contribution in [2.75, 3.05) is 5.32 Å². The van der Waals surface area contributed by atoms with Gasteiger partial charge in [-0.05, 0) is 77.8 Å². The molecule has 2 unspecified atom stereocenters. The van der Waals surface area contributed by atoms with E-state index in [0.29, 0.717) is 22.0 Å². The molecule has 0 spiro atoms. The molecule has 0 radical (unpaired) electrons. The van der Waals surface area contributed by atoms with E-state index in [1.165, 1.54) is 11.1 Å². The van der Waals surface area contributed by atoms with Crippen molar-refractivity contribution in [2.24, 2.45) is 11.0 Å². The SMILES string of the molecule is CC(=NNC(=O)C1CC1c1ccc(C(C)(C)C)cc1)c1ccc(NC(=O)c2ccc(Cl)cc2)cc1. The highest BCUT2D eigenvalue weighted by Gasteiger charge is 2.44. The first kappa shape index (κ1) is 24.7. The fraction of sp³-hybridized carbons (Fsp3) is 0.276. The van der Waals surface area contributed by atoms with Gasteiger partial charge in [0.15, 0.2) is 0 Å². The molecule has 3 aromatic carbocycles. The quantitative estimate of drug-likeness (QED) is 0.306. The number of anilines is 1. The number of hydrazone groups is 1. The van der Waals surface area contributed by atoms with Crippen molar-refractivity contribution >= 4 is 34.8 Å². The molecule has 0 aliphatic heterocycles. The summed E-state index contributed by atoms with van der Waals surface area (Å²) in [7, 11) is 0. The number of amides is 2.